The first-order valence-corrected chi connectivity index (χ1v) is 8.83. The molecule has 5 nitrogen and oxygen atoms in total. The van der Waals surface area contributed by atoms with E-state index in [1.165, 1.54) is 11.8 Å². The summed E-state index contributed by atoms with van der Waals surface area (Å²) in [5, 5.41) is 2.90. The van der Waals surface area contributed by atoms with Crippen LogP contribution >= 0.6 is 0 Å². The van der Waals surface area contributed by atoms with Crippen molar-refractivity contribution in [2.24, 2.45) is 0 Å². The summed E-state index contributed by atoms with van der Waals surface area (Å²) in [7, 11) is 0. The summed E-state index contributed by atoms with van der Waals surface area (Å²) in [6.07, 6.45) is 0.902. The minimum absolute atomic E-state index is 0.0439. The van der Waals surface area contributed by atoms with E-state index in [4.69, 9.17) is 4.74 Å². The van der Waals surface area contributed by atoms with Crippen LogP contribution in [0.25, 0.3) is 0 Å². The van der Waals surface area contributed by atoms with E-state index in [9.17, 15) is 9.59 Å². The lowest BCUT2D eigenvalue weighted by Crippen LogP contribution is -2.36. The third-order valence-electron chi connectivity index (χ3n) is 3.87. The molecule has 0 heterocycles. The normalized spacial score (nSPS) is 10.5. The van der Waals surface area contributed by atoms with Crippen LogP contribution in [0, 0.1) is 0 Å². The van der Waals surface area contributed by atoms with E-state index in [2.05, 4.69) is 5.32 Å². The Morgan fingerprint density at radius 3 is 2.31 bits per heavy atom. The zero-order chi connectivity index (χ0) is 19.1. The first-order valence-electron chi connectivity index (χ1n) is 8.83. The number of amides is 2. The van der Waals surface area contributed by atoms with Gasteiger partial charge in [0.05, 0.1) is 6.10 Å². The molecule has 0 bridgehead atoms. The van der Waals surface area contributed by atoms with Gasteiger partial charge in [-0.1, -0.05) is 25.1 Å². The topological polar surface area (TPSA) is 58.6 Å². The highest BCUT2D eigenvalue weighted by atomic mass is 16.5. The molecule has 0 spiro atoms. The molecule has 0 aliphatic rings. The predicted octanol–water partition coefficient (Wildman–Crippen LogP) is 4.03. The summed E-state index contributed by atoms with van der Waals surface area (Å²) in [5.74, 6) is 0.304. The average molecular weight is 354 g/mol. The largest absolute Gasteiger partial charge is 0.491 e. The summed E-state index contributed by atoms with van der Waals surface area (Å²) in [6, 6.07) is 14.8. The Bertz CT molecular complexity index is 754. The molecule has 0 aliphatic carbocycles. The summed E-state index contributed by atoms with van der Waals surface area (Å²) < 4.78 is 5.61. The third-order valence-corrected chi connectivity index (χ3v) is 3.87. The fourth-order valence-corrected chi connectivity index (χ4v) is 2.65. The first kappa shape index (κ1) is 19.5. The van der Waals surface area contributed by atoms with Crippen LogP contribution in [0.15, 0.2) is 48.5 Å². The highest BCUT2D eigenvalue weighted by molar-refractivity contribution is 6.02. The number of ether oxygens (including phenoxy) is 1. The Morgan fingerprint density at radius 2 is 1.73 bits per heavy atom. The van der Waals surface area contributed by atoms with Crippen LogP contribution in [0.5, 0.6) is 5.75 Å². The molecule has 0 aromatic heterocycles. The van der Waals surface area contributed by atoms with Gasteiger partial charge < -0.3 is 15.0 Å². The van der Waals surface area contributed by atoms with Crippen LogP contribution in [-0.4, -0.2) is 24.5 Å². The van der Waals surface area contributed by atoms with Crippen LogP contribution in [0.2, 0.25) is 0 Å². The Labute approximate surface area is 155 Å². The van der Waals surface area contributed by atoms with Crippen molar-refractivity contribution < 1.29 is 14.3 Å². The van der Waals surface area contributed by atoms with Crippen molar-refractivity contribution in [3.8, 4) is 5.75 Å². The number of para-hydroxylation sites is 1. The highest BCUT2D eigenvalue weighted by Gasteiger charge is 2.16. The number of nitrogens with one attached hydrogen (secondary N) is 1. The summed E-state index contributed by atoms with van der Waals surface area (Å²) in [6.45, 7) is 7.35. The smallest absolute Gasteiger partial charge is 0.244 e. The van der Waals surface area contributed by atoms with Crippen molar-refractivity contribution in [1.82, 2.24) is 0 Å². The Balaban J connectivity index is 2.10. The monoisotopic (exact) mass is 354 g/mol. The molecule has 5 heteroatoms. The van der Waals surface area contributed by atoms with Crippen LogP contribution < -0.4 is 15.0 Å². The summed E-state index contributed by atoms with van der Waals surface area (Å²) in [4.78, 5) is 25.9. The van der Waals surface area contributed by atoms with E-state index in [-0.39, 0.29) is 24.5 Å². The van der Waals surface area contributed by atoms with Crippen molar-refractivity contribution in [2.75, 3.05) is 16.8 Å². The van der Waals surface area contributed by atoms with Gasteiger partial charge in [0.15, 0.2) is 0 Å². The van der Waals surface area contributed by atoms with Gasteiger partial charge in [-0.2, -0.15) is 0 Å². The molecule has 0 aliphatic heterocycles. The van der Waals surface area contributed by atoms with Gasteiger partial charge in [-0.05, 0) is 56.2 Å². The van der Waals surface area contributed by atoms with Gasteiger partial charge in [-0.3, -0.25) is 9.59 Å². The Kier molecular flexibility index (Phi) is 6.78. The van der Waals surface area contributed by atoms with Crippen molar-refractivity contribution >= 4 is 23.2 Å². The van der Waals surface area contributed by atoms with Gasteiger partial charge in [0.25, 0.3) is 0 Å². The minimum atomic E-state index is -0.233. The summed E-state index contributed by atoms with van der Waals surface area (Å²) >= 11 is 0. The lowest BCUT2D eigenvalue weighted by Gasteiger charge is -2.21. The fraction of sp³-hybridized carbons (Fsp3) is 0.333. The second-order valence-electron chi connectivity index (χ2n) is 6.32. The number of anilines is 2. The molecule has 26 heavy (non-hydrogen) atoms. The molecule has 0 saturated carbocycles. The minimum Gasteiger partial charge on any atom is -0.491 e. The van der Waals surface area contributed by atoms with E-state index < -0.39 is 0 Å². The molecule has 0 radical (unpaired) electrons. The van der Waals surface area contributed by atoms with E-state index in [1.807, 2.05) is 45.0 Å². The molecule has 1 N–H and O–H groups in total. The number of aryl methyl sites for hydroxylation is 1. The molecular formula is C21H26N2O3. The molecule has 2 aromatic carbocycles. The highest BCUT2D eigenvalue weighted by Crippen LogP contribution is 2.21. The van der Waals surface area contributed by atoms with Crippen molar-refractivity contribution in [2.45, 2.75) is 40.2 Å². The number of nitrogens with zero attached hydrogens (tertiary/aromatic N) is 1. The fourth-order valence-electron chi connectivity index (χ4n) is 2.65. The zero-order valence-corrected chi connectivity index (χ0v) is 15.8. The molecule has 0 atom stereocenters. The maximum absolute atomic E-state index is 12.5. The number of carbonyl (C=O) groups is 2. The van der Waals surface area contributed by atoms with Crippen molar-refractivity contribution in [1.29, 1.82) is 0 Å². The lowest BCUT2D eigenvalue weighted by molar-refractivity contribution is -0.120. The van der Waals surface area contributed by atoms with Crippen LogP contribution in [0.4, 0.5) is 11.4 Å². The number of benzene rings is 2. The number of rotatable bonds is 7. The predicted molar refractivity (Wildman–Crippen MR) is 105 cm³/mol. The van der Waals surface area contributed by atoms with Crippen molar-refractivity contribution in [3.63, 3.8) is 0 Å². The average Bonchev–Trinajstić information content (AvgIpc) is 2.60. The van der Waals surface area contributed by atoms with Crippen molar-refractivity contribution in [3.05, 3.63) is 54.1 Å². The standard InChI is InChI=1S/C21H26N2O3/c1-5-17-8-6-7-9-20(17)22-21(25)14-23(16(4)24)18-10-12-19(13-11-18)26-15(2)3/h6-13,15H,5,14H2,1-4H3,(H,22,25). The van der Waals surface area contributed by atoms with Gasteiger partial charge in [0.1, 0.15) is 12.3 Å². The first-order chi connectivity index (χ1) is 12.4. The maximum atomic E-state index is 12.5. The maximum Gasteiger partial charge on any atom is 0.244 e. The van der Waals surface area contributed by atoms with Gasteiger partial charge in [-0.15, -0.1) is 0 Å². The molecule has 0 fully saturated rings. The Morgan fingerprint density at radius 1 is 1.08 bits per heavy atom. The second-order valence-corrected chi connectivity index (χ2v) is 6.32. The third kappa shape index (κ3) is 5.34. The van der Waals surface area contributed by atoms with Crippen LogP contribution in [0.3, 0.4) is 0 Å². The van der Waals surface area contributed by atoms with E-state index >= 15 is 0 Å². The lowest BCUT2D eigenvalue weighted by atomic mass is 10.1. The molecule has 0 saturated heterocycles. The van der Waals surface area contributed by atoms with E-state index in [0.717, 1.165) is 23.4 Å². The SMILES string of the molecule is CCc1ccccc1NC(=O)CN(C(C)=O)c1ccc(OC(C)C)cc1. The molecule has 0 unspecified atom stereocenters. The number of hydrogen-bond donors (Lipinski definition) is 1. The van der Waals surface area contributed by atoms with Gasteiger partial charge >= 0.3 is 0 Å². The zero-order valence-electron chi connectivity index (χ0n) is 15.8. The van der Waals surface area contributed by atoms with Gasteiger partial charge in [0.2, 0.25) is 11.8 Å². The molecule has 138 valence electrons. The Hall–Kier alpha value is -2.82. The molecule has 2 rings (SSSR count). The molecule has 2 aromatic rings. The molecule has 2 amide bonds. The van der Waals surface area contributed by atoms with Crippen LogP contribution in [-0.2, 0) is 16.0 Å². The van der Waals surface area contributed by atoms with Gasteiger partial charge in [-0.25, -0.2) is 0 Å². The van der Waals surface area contributed by atoms with E-state index in [1.54, 1.807) is 24.3 Å². The number of hydrogen-bond acceptors (Lipinski definition) is 3. The quantitative estimate of drug-likeness (QED) is 0.817. The van der Waals surface area contributed by atoms with Gasteiger partial charge in [0, 0.05) is 18.3 Å². The van der Waals surface area contributed by atoms with Crippen LogP contribution in [0.1, 0.15) is 33.3 Å². The summed E-state index contributed by atoms with van der Waals surface area (Å²) in [5.41, 5.74) is 2.50. The van der Waals surface area contributed by atoms with E-state index in [0.29, 0.717) is 5.69 Å². The second kappa shape index (κ2) is 9.04. The number of carbonyl (C=O) groups excluding carboxylic acids is 2. The molecular weight excluding hydrogens is 328 g/mol.